The molecule has 1 aromatic heterocycles. The van der Waals surface area contributed by atoms with Crippen molar-refractivity contribution in [1.82, 2.24) is 5.32 Å². The van der Waals surface area contributed by atoms with Crippen LogP contribution < -0.4 is 10.1 Å². The van der Waals surface area contributed by atoms with E-state index in [9.17, 15) is 14.4 Å². The van der Waals surface area contributed by atoms with Crippen LogP contribution in [0.4, 0.5) is 0 Å². The van der Waals surface area contributed by atoms with E-state index in [-0.39, 0.29) is 11.7 Å². The third-order valence-electron chi connectivity index (χ3n) is 3.68. The summed E-state index contributed by atoms with van der Waals surface area (Å²) in [5.74, 6) is -0.246. The highest BCUT2D eigenvalue weighted by Gasteiger charge is 2.20. The number of nitrogens with one attached hydrogen (secondary N) is 1. The highest BCUT2D eigenvalue weighted by molar-refractivity contribution is 7.14. The maximum Gasteiger partial charge on any atom is 0.331 e. The number of benzene rings is 1. The molecule has 0 fully saturated rings. The van der Waals surface area contributed by atoms with Gasteiger partial charge < -0.3 is 14.8 Å². The average Bonchev–Trinajstić information content (AvgIpc) is 3.14. The molecule has 1 N–H and O–H groups in total. The van der Waals surface area contributed by atoms with Crippen LogP contribution in [0, 0.1) is 0 Å². The molecular formula is C21H23NO5S. The van der Waals surface area contributed by atoms with E-state index in [2.05, 4.69) is 5.32 Å². The molecular weight excluding hydrogens is 378 g/mol. The van der Waals surface area contributed by atoms with Crippen LogP contribution in [0.1, 0.15) is 40.9 Å². The molecule has 0 aliphatic carbocycles. The molecule has 1 heterocycles. The molecule has 7 heteroatoms. The zero-order valence-electron chi connectivity index (χ0n) is 16.1. The lowest BCUT2D eigenvalue weighted by molar-refractivity contribution is -0.140. The Morgan fingerprint density at radius 3 is 2.50 bits per heavy atom. The largest absolute Gasteiger partial charge is 0.494 e. The fourth-order valence-corrected chi connectivity index (χ4v) is 3.26. The summed E-state index contributed by atoms with van der Waals surface area (Å²) >= 11 is 1.27. The number of ketones is 1. The van der Waals surface area contributed by atoms with Crippen LogP contribution in [0.15, 0.2) is 42.5 Å². The van der Waals surface area contributed by atoms with Gasteiger partial charge in [-0.05, 0) is 49.8 Å². The molecule has 0 saturated heterocycles. The van der Waals surface area contributed by atoms with E-state index >= 15 is 0 Å². The Bertz CT molecular complexity index is 854. The van der Waals surface area contributed by atoms with Crippen molar-refractivity contribution < 1.29 is 23.9 Å². The average molecular weight is 401 g/mol. The zero-order valence-corrected chi connectivity index (χ0v) is 16.9. The van der Waals surface area contributed by atoms with E-state index in [0.29, 0.717) is 18.0 Å². The fourth-order valence-electron chi connectivity index (χ4n) is 2.29. The van der Waals surface area contributed by atoms with Crippen LogP contribution in [-0.2, 0) is 20.9 Å². The van der Waals surface area contributed by atoms with Gasteiger partial charge in [0.05, 0.1) is 18.0 Å². The van der Waals surface area contributed by atoms with E-state index in [4.69, 9.17) is 9.47 Å². The summed E-state index contributed by atoms with van der Waals surface area (Å²) in [7, 11) is 0. The number of Topliss-reactive ketones (excluding diaryl/α,β-unsaturated/α-hetero) is 1. The van der Waals surface area contributed by atoms with Crippen LogP contribution in [0.3, 0.4) is 0 Å². The predicted molar refractivity (Wildman–Crippen MR) is 108 cm³/mol. The second-order valence-corrected chi connectivity index (χ2v) is 7.12. The van der Waals surface area contributed by atoms with Crippen molar-refractivity contribution in [2.45, 2.75) is 33.4 Å². The quantitative estimate of drug-likeness (QED) is 0.394. The Morgan fingerprint density at radius 1 is 1.14 bits per heavy atom. The van der Waals surface area contributed by atoms with Gasteiger partial charge in [-0.2, -0.15) is 0 Å². The summed E-state index contributed by atoms with van der Waals surface area (Å²) in [6, 6.07) is 10.7. The SMILES string of the molecule is CCOc1ccc(/C=C/C(=O)OC(C)C(=O)c2ccc(CNC(C)=O)s2)cc1. The van der Waals surface area contributed by atoms with Gasteiger partial charge in [0.2, 0.25) is 11.7 Å². The molecule has 0 aliphatic heterocycles. The summed E-state index contributed by atoms with van der Waals surface area (Å²) in [4.78, 5) is 36.7. The van der Waals surface area contributed by atoms with Gasteiger partial charge in [0.25, 0.3) is 0 Å². The molecule has 0 saturated carbocycles. The van der Waals surface area contributed by atoms with E-state index < -0.39 is 12.1 Å². The first kappa shape index (κ1) is 21.4. The first-order valence-corrected chi connectivity index (χ1v) is 9.69. The minimum atomic E-state index is -0.898. The summed E-state index contributed by atoms with van der Waals surface area (Å²) in [5.41, 5.74) is 0.820. The Labute approximate surface area is 168 Å². The van der Waals surface area contributed by atoms with E-state index in [1.54, 1.807) is 18.2 Å². The third-order valence-corrected chi connectivity index (χ3v) is 4.78. The molecule has 28 heavy (non-hydrogen) atoms. The topological polar surface area (TPSA) is 81.7 Å². The maximum absolute atomic E-state index is 12.4. The number of hydrogen-bond donors (Lipinski definition) is 1. The Balaban J connectivity index is 1.88. The molecule has 148 valence electrons. The molecule has 1 amide bonds. The zero-order chi connectivity index (χ0) is 20.5. The van der Waals surface area contributed by atoms with E-state index in [1.165, 1.54) is 31.3 Å². The van der Waals surface area contributed by atoms with Crippen LogP contribution in [0.2, 0.25) is 0 Å². The second-order valence-electron chi connectivity index (χ2n) is 5.95. The number of esters is 1. The number of carbonyl (C=O) groups is 3. The number of thiophene rings is 1. The Hall–Kier alpha value is -2.93. The number of hydrogen-bond acceptors (Lipinski definition) is 6. The van der Waals surface area contributed by atoms with Gasteiger partial charge in [-0.25, -0.2) is 4.79 Å². The Morgan fingerprint density at radius 2 is 1.86 bits per heavy atom. The normalized spacial score (nSPS) is 11.8. The number of ether oxygens (including phenoxy) is 2. The number of amides is 1. The van der Waals surface area contributed by atoms with Gasteiger partial charge in [0, 0.05) is 17.9 Å². The number of carbonyl (C=O) groups excluding carboxylic acids is 3. The van der Waals surface area contributed by atoms with E-state index in [1.807, 2.05) is 31.2 Å². The first-order chi connectivity index (χ1) is 13.4. The van der Waals surface area contributed by atoms with Gasteiger partial charge in [0.15, 0.2) is 6.10 Å². The lowest BCUT2D eigenvalue weighted by atomic mass is 10.2. The molecule has 1 atom stereocenters. The molecule has 0 bridgehead atoms. The molecule has 1 unspecified atom stereocenters. The van der Waals surface area contributed by atoms with Gasteiger partial charge >= 0.3 is 5.97 Å². The van der Waals surface area contributed by atoms with Crippen molar-refractivity contribution >= 4 is 35.1 Å². The first-order valence-electron chi connectivity index (χ1n) is 8.88. The van der Waals surface area contributed by atoms with Gasteiger partial charge in [-0.15, -0.1) is 11.3 Å². The molecule has 2 aromatic rings. The van der Waals surface area contributed by atoms with Gasteiger partial charge in [0.1, 0.15) is 5.75 Å². The third kappa shape index (κ3) is 6.66. The van der Waals surface area contributed by atoms with Crippen molar-refractivity contribution in [1.29, 1.82) is 0 Å². The van der Waals surface area contributed by atoms with Crippen LogP contribution in [0.25, 0.3) is 6.08 Å². The van der Waals surface area contributed by atoms with Crippen molar-refractivity contribution in [2.24, 2.45) is 0 Å². The van der Waals surface area contributed by atoms with Crippen LogP contribution in [0.5, 0.6) is 5.75 Å². The van der Waals surface area contributed by atoms with Crippen molar-refractivity contribution in [3.8, 4) is 5.75 Å². The van der Waals surface area contributed by atoms with E-state index in [0.717, 1.165) is 16.2 Å². The highest BCUT2D eigenvalue weighted by atomic mass is 32.1. The lowest BCUT2D eigenvalue weighted by Crippen LogP contribution is -2.22. The molecule has 0 radical (unpaired) electrons. The van der Waals surface area contributed by atoms with Crippen molar-refractivity contribution in [2.75, 3.05) is 6.61 Å². The fraction of sp³-hybridized carbons (Fsp3) is 0.286. The van der Waals surface area contributed by atoms with Crippen LogP contribution >= 0.6 is 11.3 Å². The lowest BCUT2D eigenvalue weighted by Gasteiger charge is -2.09. The molecule has 1 aromatic carbocycles. The molecule has 0 aliphatic rings. The Kier molecular flexibility index (Phi) is 7.95. The molecule has 0 spiro atoms. The molecule has 6 nitrogen and oxygen atoms in total. The summed E-state index contributed by atoms with van der Waals surface area (Å²) in [5, 5.41) is 2.68. The van der Waals surface area contributed by atoms with Gasteiger partial charge in [-0.3, -0.25) is 9.59 Å². The standard InChI is InChI=1S/C21H23NO5S/c1-4-26-17-8-5-16(6-9-17)7-12-20(24)27-14(2)21(25)19-11-10-18(28-19)13-22-15(3)23/h5-12,14H,4,13H2,1-3H3,(H,22,23)/b12-7+. The predicted octanol–water partition coefficient (Wildman–Crippen LogP) is 3.61. The molecule has 2 rings (SSSR count). The summed E-state index contributed by atoms with van der Waals surface area (Å²) in [6.07, 6.45) is 2.01. The van der Waals surface area contributed by atoms with Crippen LogP contribution in [-0.4, -0.2) is 30.4 Å². The number of rotatable bonds is 9. The summed E-state index contributed by atoms with van der Waals surface area (Å²) < 4.78 is 10.6. The van der Waals surface area contributed by atoms with Crippen molar-refractivity contribution in [3.63, 3.8) is 0 Å². The smallest absolute Gasteiger partial charge is 0.331 e. The van der Waals surface area contributed by atoms with Gasteiger partial charge in [-0.1, -0.05) is 12.1 Å². The maximum atomic E-state index is 12.4. The minimum Gasteiger partial charge on any atom is -0.494 e. The monoisotopic (exact) mass is 401 g/mol. The minimum absolute atomic E-state index is 0.136. The second kappa shape index (κ2) is 10.4. The summed E-state index contributed by atoms with van der Waals surface area (Å²) in [6.45, 7) is 5.84. The van der Waals surface area contributed by atoms with Crippen molar-refractivity contribution in [3.05, 3.63) is 57.8 Å². The highest BCUT2D eigenvalue weighted by Crippen LogP contribution is 2.19.